The maximum atomic E-state index is 10.2. The van der Waals surface area contributed by atoms with E-state index >= 15 is 0 Å². The van der Waals surface area contributed by atoms with Crippen molar-refractivity contribution in [3.05, 3.63) is 0 Å². The van der Waals surface area contributed by atoms with Crippen LogP contribution in [0.1, 0.15) is 26.7 Å². The van der Waals surface area contributed by atoms with Crippen LogP contribution in [0.4, 0.5) is 0 Å². The molecule has 70 valence electrons. The van der Waals surface area contributed by atoms with Crippen LogP contribution in [0.3, 0.4) is 0 Å². The van der Waals surface area contributed by atoms with Gasteiger partial charge in [-0.15, -0.1) is 0 Å². The zero-order valence-corrected chi connectivity index (χ0v) is 7.89. The minimum Gasteiger partial charge on any atom is -0.344 e. The van der Waals surface area contributed by atoms with Crippen molar-refractivity contribution in [2.75, 3.05) is 5.75 Å². The van der Waals surface area contributed by atoms with E-state index < -0.39 is 10.1 Å². The van der Waals surface area contributed by atoms with Crippen LogP contribution in [0.25, 0.3) is 0 Å². The molecule has 0 rings (SSSR count). The van der Waals surface area contributed by atoms with Gasteiger partial charge in [-0.05, 0) is 18.8 Å². The van der Waals surface area contributed by atoms with Crippen LogP contribution >= 0.6 is 0 Å². The molecule has 0 saturated carbocycles. The van der Waals surface area contributed by atoms with Crippen molar-refractivity contribution in [3.8, 4) is 0 Å². The molecular weight excluding hydrogens is 166 g/mol. The van der Waals surface area contributed by atoms with E-state index in [1.54, 1.807) is 0 Å². The second-order valence-electron chi connectivity index (χ2n) is 2.82. The molecule has 5 heteroatoms. The van der Waals surface area contributed by atoms with Gasteiger partial charge in [0.2, 0.25) is 0 Å². The van der Waals surface area contributed by atoms with Gasteiger partial charge in [0, 0.05) is 0 Å². The summed E-state index contributed by atoms with van der Waals surface area (Å²) in [6.07, 6.45) is 1.40. The lowest BCUT2D eigenvalue weighted by molar-refractivity contribution is 0.475. The van der Waals surface area contributed by atoms with E-state index in [0.717, 1.165) is 6.42 Å². The van der Waals surface area contributed by atoms with Gasteiger partial charge in [0.25, 0.3) is 10.1 Å². The Balaban J connectivity index is 0. The van der Waals surface area contributed by atoms with Gasteiger partial charge in [-0.3, -0.25) is 4.55 Å². The third-order valence-electron chi connectivity index (χ3n) is 1.18. The summed E-state index contributed by atoms with van der Waals surface area (Å²) in [6.45, 7) is 4.04. The van der Waals surface area contributed by atoms with Crippen LogP contribution in [0.2, 0.25) is 0 Å². The molecule has 4 nitrogen and oxygen atoms in total. The lowest BCUT2D eigenvalue weighted by Gasteiger charge is -2.00. The number of rotatable bonds is 4. The maximum absolute atomic E-state index is 10.2. The summed E-state index contributed by atoms with van der Waals surface area (Å²) in [6, 6.07) is 0. The topological polar surface area (TPSA) is 89.4 Å². The van der Waals surface area contributed by atoms with Crippen molar-refractivity contribution in [1.29, 1.82) is 0 Å². The summed E-state index contributed by atoms with van der Waals surface area (Å²) in [5.41, 5.74) is 0. The van der Waals surface area contributed by atoms with Gasteiger partial charge in [-0.1, -0.05) is 13.8 Å². The Morgan fingerprint density at radius 3 is 2.09 bits per heavy atom. The monoisotopic (exact) mass is 183 g/mol. The molecule has 0 unspecified atom stereocenters. The highest BCUT2D eigenvalue weighted by Gasteiger charge is 2.03. The Bertz CT molecular complexity index is 174. The molecular formula is C6H17NO3S. The fourth-order valence-corrected chi connectivity index (χ4v) is 1.21. The molecule has 0 radical (unpaired) electrons. The molecule has 0 aromatic rings. The standard InChI is InChI=1S/C6H14O3S.H3N/c1-6(2)4-3-5-10(7,8)9;/h6H,3-5H2,1-2H3,(H,7,8,9);1H3. The second-order valence-corrected chi connectivity index (χ2v) is 4.39. The van der Waals surface area contributed by atoms with Crippen molar-refractivity contribution >= 4 is 10.1 Å². The van der Waals surface area contributed by atoms with Crippen molar-refractivity contribution in [1.82, 2.24) is 6.15 Å². The van der Waals surface area contributed by atoms with Crippen molar-refractivity contribution in [2.24, 2.45) is 5.92 Å². The van der Waals surface area contributed by atoms with Crippen LogP contribution < -0.4 is 6.15 Å². The smallest absolute Gasteiger partial charge is 0.264 e. The highest BCUT2D eigenvalue weighted by Crippen LogP contribution is 2.04. The average Bonchev–Trinajstić information content (AvgIpc) is 1.59. The fourth-order valence-electron chi connectivity index (χ4n) is 0.674. The average molecular weight is 183 g/mol. The predicted octanol–water partition coefficient (Wildman–Crippen LogP) is 1.47. The molecule has 0 aromatic carbocycles. The van der Waals surface area contributed by atoms with E-state index in [2.05, 4.69) is 0 Å². The molecule has 0 amide bonds. The first-order valence-electron chi connectivity index (χ1n) is 3.37. The van der Waals surface area contributed by atoms with E-state index in [9.17, 15) is 8.42 Å². The van der Waals surface area contributed by atoms with Crippen LogP contribution in [0.15, 0.2) is 0 Å². The van der Waals surface area contributed by atoms with Gasteiger partial charge >= 0.3 is 0 Å². The molecule has 0 bridgehead atoms. The second kappa shape index (κ2) is 5.51. The number of hydrogen-bond donors (Lipinski definition) is 2. The fraction of sp³-hybridized carbons (Fsp3) is 1.00. The highest BCUT2D eigenvalue weighted by molar-refractivity contribution is 7.85. The van der Waals surface area contributed by atoms with Crippen LogP contribution in [0, 0.1) is 5.92 Å². The molecule has 0 heterocycles. The van der Waals surface area contributed by atoms with Crippen molar-refractivity contribution in [2.45, 2.75) is 26.7 Å². The Morgan fingerprint density at radius 1 is 1.36 bits per heavy atom. The Kier molecular flexibility index (Phi) is 6.74. The van der Waals surface area contributed by atoms with Gasteiger partial charge in [0.15, 0.2) is 0 Å². The summed E-state index contributed by atoms with van der Waals surface area (Å²) in [7, 11) is -3.72. The summed E-state index contributed by atoms with van der Waals surface area (Å²) in [5, 5.41) is 0. The Labute approximate surface area is 68.3 Å². The van der Waals surface area contributed by atoms with Gasteiger partial charge in [0.1, 0.15) is 0 Å². The SMILES string of the molecule is CC(C)CCCS(=O)(=O)O.N. The molecule has 0 aliphatic carbocycles. The van der Waals surface area contributed by atoms with Crippen LogP contribution in [-0.4, -0.2) is 18.7 Å². The molecule has 11 heavy (non-hydrogen) atoms. The summed E-state index contributed by atoms with van der Waals surface area (Å²) in [4.78, 5) is 0. The minimum atomic E-state index is -3.72. The van der Waals surface area contributed by atoms with E-state index in [4.69, 9.17) is 4.55 Å². The first kappa shape index (κ1) is 13.5. The normalized spacial score (nSPS) is 11.3. The third kappa shape index (κ3) is 13.0. The van der Waals surface area contributed by atoms with Gasteiger partial charge in [0.05, 0.1) is 5.75 Å². The molecule has 0 atom stereocenters. The number of hydrogen-bond acceptors (Lipinski definition) is 3. The van der Waals surface area contributed by atoms with E-state index in [0.29, 0.717) is 12.3 Å². The highest BCUT2D eigenvalue weighted by atomic mass is 32.2. The van der Waals surface area contributed by atoms with Gasteiger partial charge in [-0.2, -0.15) is 8.42 Å². The molecule has 4 N–H and O–H groups in total. The first-order valence-corrected chi connectivity index (χ1v) is 4.98. The van der Waals surface area contributed by atoms with Crippen LogP contribution in [0.5, 0.6) is 0 Å². The maximum Gasteiger partial charge on any atom is 0.264 e. The van der Waals surface area contributed by atoms with Crippen molar-refractivity contribution < 1.29 is 13.0 Å². The predicted molar refractivity (Wildman–Crippen MR) is 45.5 cm³/mol. The first-order chi connectivity index (χ1) is 4.42. The molecule has 0 aromatic heterocycles. The molecule has 0 saturated heterocycles. The third-order valence-corrected chi connectivity index (χ3v) is 1.99. The van der Waals surface area contributed by atoms with Crippen molar-refractivity contribution in [3.63, 3.8) is 0 Å². The minimum absolute atomic E-state index is 0. The summed E-state index contributed by atoms with van der Waals surface area (Å²) in [5.74, 6) is 0.396. The molecule has 0 aliphatic rings. The quantitative estimate of drug-likeness (QED) is 0.646. The Hall–Kier alpha value is -0.130. The lowest BCUT2D eigenvalue weighted by atomic mass is 10.1. The zero-order valence-electron chi connectivity index (χ0n) is 7.08. The van der Waals surface area contributed by atoms with Crippen LogP contribution in [-0.2, 0) is 10.1 Å². The zero-order chi connectivity index (χ0) is 8.20. The van der Waals surface area contributed by atoms with Gasteiger partial charge < -0.3 is 6.15 Å². The van der Waals surface area contributed by atoms with E-state index in [1.165, 1.54) is 0 Å². The van der Waals surface area contributed by atoms with E-state index in [1.807, 2.05) is 13.8 Å². The molecule has 0 aliphatic heterocycles. The largest absolute Gasteiger partial charge is 0.344 e. The summed E-state index contributed by atoms with van der Waals surface area (Å²) < 4.78 is 28.6. The van der Waals surface area contributed by atoms with Gasteiger partial charge in [-0.25, -0.2) is 0 Å². The summed E-state index contributed by atoms with van der Waals surface area (Å²) >= 11 is 0. The Morgan fingerprint density at radius 2 is 1.82 bits per heavy atom. The van der Waals surface area contributed by atoms with E-state index in [-0.39, 0.29) is 11.9 Å². The molecule has 0 spiro atoms. The molecule has 0 fully saturated rings. The lowest BCUT2D eigenvalue weighted by Crippen LogP contribution is -2.04.